The van der Waals surface area contributed by atoms with Gasteiger partial charge in [-0.2, -0.15) is 0 Å². The molecular weight excluding hydrogens is 386 g/mol. The number of ether oxygens (including phenoxy) is 1. The van der Waals surface area contributed by atoms with Gasteiger partial charge in [0.2, 0.25) is 0 Å². The van der Waals surface area contributed by atoms with Gasteiger partial charge in [-0.3, -0.25) is 14.9 Å². The van der Waals surface area contributed by atoms with E-state index in [1.807, 2.05) is 12.1 Å². The first-order valence-corrected chi connectivity index (χ1v) is 9.68. The van der Waals surface area contributed by atoms with Crippen molar-refractivity contribution in [3.05, 3.63) is 53.1 Å². The number of aromatic nitrogens is 1. The Morgan fingerprint density at radius 1 is 1.19 bits per heavy atom. The maximum atomic E-state index is 12.5. The molecule has 2 heterocycles. The number of nitrogens with one attached hydrogen (secondary N) is 2. The van der Waals surface area contributed by atoms with Crippen LogP contribution in [0.25, 0.3) is 10.2 Å². The molecule has 0 spiro atoms. The third-order valence-corrected chi connectivity index (χ3v) is 5.35. The molecule has 27 heavy (non-hydrogen) atoms. The van der Waals surface area contributed by atoms with E-state index in [-0.39, 0.29) is 11.8 Å². The molecular formula is C19H16ClN3O3S. The summed E-state index contributed by atoms with van der Waals surface area (Å²) >= 11 is 7.34. The average Bonchev–Trinajstić information content (AvgIpc) is 3.31. The Bertz CT molecular complexity index is 1010. The Morgan fingerprint density at radius 2 is 2.07 bits per heavy atom. The highest BCUT2D eigenvalue weighted by Crippen LogP contribution is 2.28. The first kappa shape index (κ1) is 17.9. The van der Waals surface area contributed by atoms with Gasteiger partial charge < -0.3 is 10.1 Å². The van der Waals surface area contributed by atoms with Gasteiger partial charge in [0.25, 0.3) is 11.8 Å². The van der Waals surface area contributed by atoms with Crippen molar-refractivity contribution in [3.63, 3.8) is 0 Å². The van der Waals surface area contributed by atoms with Crippen molar-refractivity contribution in [2.24, 2.45) is 0 Å². The van der Waals surface area contributed by atoms with Crippen LogP contribution in [-0.4, -0.2) is 29.5 Å². The number of amides is 2. The first-order valence-electron chi connectivity index (χ1n) is 8.48. The standard InChI is InChI=1S/C19H16ClN3O3S/c20-12-6-7-14-16(10-12)27-19(22-14)23-17(24)11-3-1-4-13(9-11)21-18(25)15-5-2-8-26-15/h1,3-4,6-7,9-10,15H,2,5,8H2,(H,21,25)(H,22,23,24). The van der Waals surface area contributed by atoms with Gasteiger partial charge in [-0.05, 0) is 49.2 Å². The van der Waals surface area contributed by atoms with Crippen molar-refractivity contribution in [2.45, 2.75) is 18.9 Å². The van der Waals surface area contributed by atoms with Crippen molar-refractivity contribution in [1.29, 1.82) is 0 Å². The maximum absolute atomic E-state index is 12.5. The van der Waals surface area contributed by atoms with Crippen LogP contribution in [0, 0.1) is 0 Å². The highest BCUT2D eigenvalue weighted by Gasteiger charge is 2.23. The number of carbonyl (C=O) groups excluding carboxylic acids is 2. The molecule has 1 aliphatic heterocycles. The Morgan fingerprint density at radius 3 is 2.89 bits per heavy atom. The van der Waals surface area contributed by atoms with Crippen LogP contribution in [-0.2, 0) is 9.53 Å². The van der Waals surface area contributed by atoms with Crippen LogP contribution in [0.3, 0.4) is 0 Å². The Kier molecular flexibility index (Phi) is 5.07. The number of thiazole rings is 1. The Labute approximate surface area is 164 Å². The molecule has 2 aromatic carbocycles. The van der Waals surface area contributed by atoms with Gasteiger partial charge in [-0.1, -0.05) is 29.0 Å². The number of halogens is 1. The first-order chi connectivity index (χ1) is 13.1. The number of hydrogen-bond acceptors (Lipinski definition) is 5. The van der Waals surface area contributed by atoms with E-state index in [0.29, 0.717) is 34.4 Å². The van der Waals surface area contributed by atoms with Crippen molar-refractivity contribution in [3.8, 4) is 0 Å². The molecule has 6 nitrogen and oxygen atoms in total. The summed E-state index contributed by atoms with van der Waals surface area (Å²) in [5.41, 5.74) is 1.76. The van der Waals surface area contributed by atoms with Crippen molar-refractivity contribution < 1.29 is 14.3 Å². The van der Waals surface area contributed by atoms with Crippen molar-refractivity contribution in [2.75, 3.05) is 17.2 Å². The number of carbonyl (C=O) groups is 2. The molecule has 0 aliphatic carbocycles. The molecule has 0 saturated carbocycles. The third kappa shape index (κ3) is 4.10. The second-order valence-corrected chi connectivity index (χ2v) is 7.62. The molecule has 2 amide bonds. The molecule has 1 aromatic heterocycles. The normalized spacial score (nSPS) is 16.4. The molecule has 3 aromatic rings. The van der Waals surface area contributed by atoms with E-state index in [1.165, 1.54) is 11.3 Å². The van der Waals surface area contributed by atoms with Gasteiger partial charge in [0.15, 0.2) is 5.13 Å². The third-order valence-electron chi connectivity index (χ3n) is 4.19. The van der Waals surface area contributed by atoms with Gasteiger partial charge in [-0.25, -0.2) is 4.98 Å². The maximum Gasteiger partial charge on any atom is 0.257 e. The molecule has 4 rings (SSSR count). The monoisotopic (exact) mass is 401 g/mol. The van der Waals surface area contributed by atoms with Gasteiger partial charge >= 0.3 is 0 Å². The molecule has 1 fully saturated rings. The van der Waals surface area contributed by atoms with Crippen LogP contribution in [0.1, 0.15) is 23.2 Å². The van der Waals surface area contributed by atoms with E-state index in [2.05, 4.69) is 15.6 Å². The zero-order valence-electron chi connectivity index (χ0n) is 14.2. The van der Waals surface area contributed by atoms with Gasteiger partial charge in [0.05, 0.1) is 10.2 Å². The SMILES string of the molecule is O=C(Nc1nc2ccc(Cl)cc2s1)c1cccc(NC(=O)C2CCCO2)c1. The number of fused-ring (bicyclic) bond motifs is 1. The van der Waals surface area contributed by atoms with E-state index < -0.39 is 6.10 Å². The molecule has 1 unspecified atom stereocenters. The molecule has 0 radical (unpaired) electrons. The number of hydrogen-bond donors (Lipinski definition) is 2. The summed E-state index contributed by atoms with van der Waals surface area (Å²) < 4.78 is 6.27. The lowest BCUT2D eigenvalue weighted by atomic mass is 10.1. The summed E-state index contributed by atoms with van der Waals surface area (Å²) in [6.45, 7) is 0.605. The zero-order chi connectivity index (χ0) is 18.8. The summed E-state index contributed by atoms with van der Waals surface area (Å²) in [6.07, 6.45) is 1.18. The predicted molar refractivity (Wildman–Crippen MR) is 107 cm³/mol. The molecule has 1 atom stereocenters. The minimum Gasteiger partial charge on any atom is -0.368 e. The molecule has 8 heteroatoms. The quantitative estimate of drug-likeness (QED) is 0.682. The van der Waals surface area contributed by atoms with Crippen LogP contribution >= 0.6 is 22.9 Å². The van der Waals surface area contributed by atoms with E-state index in [0.717, 1.165) is 16.6 Å². The Balaban J connectivity index is 1.47. The van der Waals surface area contributed by atoms with Crippen LogP contribution < -0.4 is 10.6 Å². The Hall–Kier alpha value is -2.48. The van der Waals surface area contributed by atoms with Crippen LogP contribution in [0.2, 0.25) is 5.02 Å². The smallest absolute Gasteiger partial charge is 0.257 e. The molecule has 138 valence electrons. The van der Waals surface area contributed by atoms with E-state index in [4.69, 9.17) is 16.3 Å². The number of nitrogens with zero attached hydrogens (tertiary/aromatic N) is 1. The lowest BCUT2D eigenvalue weighted by molar-refractivity contribution is -0.124. The number of anilines is 2. The largest absolute Gasteiger partial charge is 0.368 e. The van der Waals surface area contributed by atoms with Crippen molar-refractivity contribution in [1.82, 2.24) is 4.98 Å². The van der Waals surface area contributed by atoms with Gasteiger partial charge in [-0.15, -0.1) is 0 Å². The van der Waals surface area contributed by atoms with Crippen LogP contribution in [0.4, 0.5) is 10.8 Å². The summed E-state index contributed by atoms with van der Waals surface area (Å²) in [4.78, 5) is 29.1. The number of rotatable bonds is 4. The van der Waals surface area contributed by atoms with Crippen LogP contribution in [0.5, 0.6) is 0 Å². The fourth-order valence-electron chi connectivity index (χ4n) is 2.87. The van der Waals surface area contributed by atoms with E-state index in [9.17, 15) is 9.59 Å². The second-order valence-electron chi connectivity index (χ2n) is 6.16. The minimum atomic E-state index is -0.419. The lowest BCUT2D eigenvalue weighted by Crippen LogP contribution is -2.27. The summed E-state index contributed by atoms with van der Waals surface area (Å²) in [5.74, 6) is -0.485. The number of benzene rings is 2. The lowest BCUT2D eigenvalue weighted by Gasteiger charge is -2.11. The average molecular weight is 402 g/mol. The predicted octanol–water partition coefficient (Wildman–Crippen LogP) is 4.32. The van der Waals surface area contributed by atoms with Gasteiger partial charge in [0, 0.05) is 22.9 Å². The fourth-order valence-corrected chi connectivity index (χ4v) is 4.00. The second kappa shape index (κ2) is 7.64. The van der Waals surface area contributed by atoms with E-state index in [1.54, 1.807) is 30.3 Å². The van der Waals surface area contributed by atoms with Crippen molar-refractivity contribution >= 4 is 55.8 Å². The highest BCUT2D eigenvalue weighted by molar-refractivity contribution is 7.22. The summed E-state index contributed by atoms with van der Waals surface area (Å²) in [5, 5.41) is 6.71. The van der Waals surface area contributed by atoms with Gasteiger partial charge in [0.1, 0.15) is 6.10 Å². The minimum absolute atomic E-state index is 0.187. The summed E-state index contributed by atoms with van der Waals surface area (Å²) in [7, 11) is 0. The summed E-state index contributed by atoms with van der Waals surface area (Å²) in [6, 6.07) is 12.2. The van der Waals surface area contributed by atoms with Crippen LogP contribution in [0.15, 0.2) is 42.5 Å². The molecule has 2 N–H and O–H groups in total. The topological polar surface area (TPSA) is 80.3 Å². The molecule has 1 aliphatic rings. The molecule has 1 saturated heterocycles. The highest BCUT2D eigenvalue weighted by atomic mass is 35.5. The molecule has 0 bridgehead atoms. The zero-order valence-corrected chi connectivity index (χ0v) is 15.8. The fraction of sp³-hybridized carbons (Fsp3) is 0.211. The van der Waals surface area contributed by atoms with E-state index >= 15 is 0 Å².